The van der Waals surface area contributed by atoms with Gasteiger partial charge in [0, 0.05) is 32.7 Å². The highest BCUT2D eigenvalue weighted by Crippen LogP contribution is 2.36. The Morgan fingerprint density at radius 2 is 1.83 bits per heavy atom. The minimum Gasteiger partial charge on any atom is -0.491 e. The monoisotopic (exact) mass is 478 g/mol. The number of nitrogens with zero attached hydrogens (tertiary/aromatic N) is 1. The molecule has 7 nitrogen and oxygen atoms in total. The van der Waals surface area contributed by atoms with E-state index < -0.39 is 0 Å². The summed E-state index contributed by atoms with van der Waals surface area (Å²) in [4.78, 5) is 27.7. The fourth-order valence-electron chi connectivity index (χ4n) is 5.47. The molecular formula is C28H34N2O5. The molecule has 2 fully saturated rings. The molecule has 2 aromatic carbocycles. The van der Waals surface area contributed by atoms with E-state index in [0.29, 0.717) is 43.5 Å². The number of benzene rings is 2. The molecule has 3 heterocycles. The molecule has 35 heavy (non-hydrogen) atoms. The zero-order valence-electron chi connectivity index (χ0n) is 20.1. The lowest BCUT2D eigenvalue weighted by molar-refractivity contribution is -0.136. The number of carbonyl (C=O) groups is 2. The van der Waals surface area contributed by atoms with Crippen molar-refractivity contribution < 1.29 is 23.8 Å². The van der Waals surface area contributed by atoms with Crippen molar-refractivity contribution in [3.05, 3.63) is 54.1 Å². The molecule has 186 valence electrons. The SMILES string of the molecule is O=C1C[C@@H]2CCN(C(=O)COc3ccccc3)C[C@@H]2CCOc2ccc(C3CCOCC3)cc2N1. The van der Waals surface area contributed by atoms with E-state index in [0.717, 1.165) is 44.6 Å². The summed E-state index contributed by atoms with van der Waals surface area (Å²) in [6, 6.07) is 15.6. The van der Waals surface area contributed by atoms with Crippen LogP contribution in [0.5, 0.6) is 11.5 Å². The molecule has 0 unspecified atom stereocenters. The lowest BCUT2D eigenvalue weighted by Crippen LogP contribution is -2.46. The molecule has 0 spiro atoms. The minimum atomic E-state index is -0.0132. The number of piperidine rings is 1. The molecule has 2 saturated heterocycles. The molecule has 0 bridgehead atoms. The number of fused-ring (bicyclic) bond motifs is 2. The van der Waals surface area contributed by atoms with Gasteiger partial charge in [-0.1, -0.05) is 24.3 Å². The maximum absolute atomic E-state index is 13.0. The maximum atomic E-state index is 13.0. The van der Waals surface area contributed by atoms with E-state index in [1.807, 2.05) is 41.3 Å². The molecule has 0 aliphatic carbocycles. The van der Waals surface area contributed by atoms with E-state index in [1.165, 1.54) is 5.56 Å². The van der Waals surface area contributed by atoms with Crippen molar-refractivity contribution >= 4 is 17.5 Å². The van der Waals surface area contributed by atoms with Crippen molar-refractivity contribution in [2.24, 2.45) is 11.8 Å². The number of hydrogen-bond acceptors (Lipinski definition) is 5. The van der Waals surface area contributed by atoms with Crippen LogP contribution in [0.2, 0.25) is 0 Å². The number of carbonyl (C=O) groups excluding carboxylic acids is 2. The van der Waals surface area contributed by atoms with E-state index >= 15 is 0 Å². The van der Waals surface area contributed by atoms with Crippen molar-refractivity contribution in [1.29, 1.82) is 0 Å². The van der Waals surface area contributed by atoms with E-state index in [9.17, 15) is 9.59 Å². The van der Waals surface area contributed by atoms with Gasteiger partial charge in [0.2, 0.25) is 5.91 Å². The third-order valence-corrected chi connectivity index (χ3v) is 7.51. The molecule has 0 aromatic heterocycles. The van der Waals surface area contributed by atoms with Crippen LogP contribution in [0.15, 0.2) is 48.5 Å². The van der Waals surface area contributed by atoms with E-state index in [-0.39, 0.29) is 30.3 Å². The third kappa shape index (κ3) is 5.96. The van der Waals surface area contributed by atoms with Crippen LogP contribution in [0.3, 0.4) is 0 Å². The summed E-state index contributed by atoms with van der Waals surface area (Å²) >= 11 is 0. The van der Waals surface area contributed by atoms with Crippen LogP contribution in [0, 0.1) is 11.8 Å². The minimum absolute atomic E-state index is 0.0132. The van der Waals surface area contributed by atoms with Crippen LogP contribution < -0.4 is 14.8 Å². The zero-order chi connectivity index (χ0) is 24.0. The number of hydrogen-bond donors (Lipinski definition) is 1. The van der Waals surface area contributed by atoms with E-state index in [2.05, 4.69) is 17.4 Å². The fraction of sp³-hybridized carbons (Fsp3) is 0.500. The number of nitrogens with one attached hydrogen (secondary N) is 1. The van der Waals surface area contributed by atoms with Gasteiger partial charge in [0.1, 0.15) is 11.5 Å². The Kier molecular flexibility index (Phi) is 7.52. The molecule has 1 N–H and O–H groups in total. The molecule has 0 radical (unpaired) electrons. The summed E-state index contributed by atoms with van der Waals surface area (Å²) in [5.41, 5.74) is 2.00. The van der Waals surface area contributed by atoms with Crippen LogP contribution in [0.25, 0.3) is 0 Å². The zero-order valence-corrected chi connectivity index (χ0v) is 20.1. The highest BCUT2D eigenvalue weighted by Gasteiger charge is 2.33. The Hall–Kier alpha value is -3.06. The molecule has 3 aliphatic heterocycles. The van der Waals surface area contributed by atoms with Crippen molar-refractivity contribution in [3.8, 4) is 11.5 Å². The first-order valence-electron chi connectivity index (χ1n) is 12.8. The standard InChI is InChI=1S/C28H34N2O5/c31-27-17-22-8-12-30(28(32)19-35-24-4-2-1-3-5-24)18-23(22)11-15-34-26-7-6-21(16-25(26)29-27)20-9-13-33-14-10-20/h1-7,16,20,22-23H,8-15,17-19H2,(H,29,31)/t22-,23-/m0/s1. The Morgan fingerprint density at radius 1 is 1.00 bits per heavy atom. The van der Waals surface area contributed by atoms with Crippen LogP contribution in [-0.2, 0) is 14.3 Å². The van der Waals surface area contributed by atoms with E-state index in [1.54, 1.807) is 0 Å². The number of para-hydroxylation sites is 1. The predicted octanol–water partition coefficient (Wildman–Crippen LogP) is 4.24. The Balaban J connectivity index is 1.22. The van der Waals surface area contributed by atoms with Crippen molar-refractivity contribution in [3.63, 3.8) is 0 Å². The number of ether oxygens (including phenoxy) is 3. The fourth-order valence-corrected chi connectivity index (χ4v) is 5.47. The molecule has 2 atom stereocenters. The molecule has 0 saturated carbocycles. The lowest BCUT2D eigenvalue weighted by atomic mass is 9.81. The Morgan fingerprint density at radius 3 is 2.66 bits per heavy atom. The molecular weight excluding hydrogens is 444 g/mol. The van der Waals surface area contributed by atoms with Crippen molar-refractivity contribution in [2.45, 2.75) is 38.0 Å². The van der Waals surface area contributed by atoms with Gasteiger partial charge in [-0.15, -0.1) is 0 Å². The first-order valence-corrected chi connectivity index (χ1v) is 12.8. The van der Waals surface area contributed by atoms with Gasteiger partial charge in [-0.05, 0) is 73.3 Å². The van der Waals surface area contributed by atoms with Gasteiger partial charge in [-0.2, -0.15) is 0 Å². The quantitative estimate of drug-likeness (QED) is 0.712. The second-order valence-corrected chi connectivity index (χ2v) is 9.78. The summed E-state index contributed by atoms with van der Waals surface area (Å²) in [5.74, 6) is 2.32. The van der Waals surface area contributed by atoms with Gasteiger partial charge in [-0.3, -0.25) is 9.59 Å². The average Bonchev–Trinajstić information content (AvgIpc) is 2.90. The molecule has 2 amide bonds. The first kappa shape index (κ1) is 23.7. The summed E-state index contributed by atoms with van der Waals surface area (Å²) in [6.45, 7) is 3.44. The Labute approximate surface area is 206 Å². The number of rotatable bonds is 4. The first-order chi connectivity index (χ1) is 17.2. The molecule has 7 heteroatoms. The lowest BCUT2D eigenvalue weighted by Gasteiger charge is -2.39. The Bertz CT molecular complexity index is 1020. The highest BCUT2D eigenvalue weighted by molar-refractivity contribution is 5.92. The predicted molar refractivity (Wildman–Crippen MR) is 133 cm³/mol. The van der Waals surface area contributed by atoms with Crippen LogP contribution in [-0.4, -0.2) is 56.2 Å². The average molecular weight is 479 g/mol. The maximum Gasteiger partial charge on any atom is 0.260 e. The summed E-state index contributed by atoms with van der Waals surface area (Å²) in [5, 5.41) is 3.12. The second-order valence-electron chi connectivity index (χ2n) is 9.78. The number of amides is 2. The van der Waals surface area contributed by atoms with Gasteiger partial charge in [-0.25, -0.2) is 0 Å². The van der Waals surface area contributed by atoms with Gasteiger partial charge in [0.25, 0.3) is 5.91 Å². The van der Waals surface area contributed by atoms with Gasteiger partial charge < -0.3 is 24.4 Å². The summed E-state index contributed by atoms with van der Waals surface area (Å²) in [7, 11) is 0. The van der Waals surface area contributed by atoms with Gasteiger partial charge in [0.15, 0.2) is 6.61 Å². The molecule has 5 rings (SSSR count). The summed E-state index contributed by atoms with van der Waals surface area (Å²) < 4.78 is 17.3. The smallest absolute Gasteiger partial charge is 0.260 e. The highest BCUT2D eigenvalue weighted by atomic mass is 16.5. The third-order valence-electron chi connectivity index (χ3n) is 7.51. The number of likely N-dealkylation sites (tertiary alicyclic amines) is 1. The summed E-state index contributed by atoms with van der Waals surface area (Å²) in [6.07, 6.45) is 4.09. The van der Waals surface area contributed by atoms with Crippen molar-refractivity contribution in [1.82, 2.24) is 4.90 Å². The van der Waals surface area contributed by atoms with E-state index in [4.69, 9.17) is 14.2 Å². The molecule has 3 aliphatic rings. The topological polar surface area (TPSA) is 77.1 Å². The normalized spacial score (nSPS) is 23.3. The van der Waals surface area contributed by atoms with Crippen molar-refractivity contribution in [2.75, 3.05) is 44.8 Å². The van der Waals surface area contributed by atoms with Crippen LogP contribution >= 0.6 is 0 Å². The van der Waals surface area contributed by atoms with Gasteiger partial charge in [0.05, 0.1) is 12.3 Å². The molecule has 2 aromatic rings. The number of anilines is 1. The van der Waals surface area contributed by atoms with Crippen LogP contribution in [0.1, 0.15) is 43.6 Å². The second kappa shape index (κ2) is 11.1. The van der Waals surface area contributed by atoms with Crippen LogP contribution in [0.4, 0.5) is 5.69 Å². The largest absolute Gasteiger partial charge is 0.491 e. The van der Waals surface area contributed by atoms with Gasteiger partial charge >= 0.3 is 0 Å².